The van der Waals surface area contributed by atoms with E-state index in [4.69, 9.17) is 4.74 Å². The molecule has 1 unspecified atom stereocenters. The smallest absolute Gasteiger partial charge is 0.165 e. The van der Waals surface area contributed by atoms with Gasteiger partial charge in [0.15, 0.2) is 5.82 Å². The summed E-state index contributed by atoms with van der Waals surface area (Å²) in [6, 6.07) is 0. The minimum atomic E-state index is 0.276. The Labute approximate surface area is 95.4 Å². The number of rotatable bonds is 5. The molecule has 1 aliphatic heterocycles. The highest BCUT2D eigenvalue weighted by molar-refractivity contribution is 4.81. The maximum atomic E-state index is 5.67. The molecule has 0 aliphatic carbocycles. The first-order chi connectivity index (χ1) is 7.90. The van der Waals surface area contributed by atoms with Crippen molar-refractivity contribution in [3.63, 3.8) is 0 Å². The number of ether oxygens (including phenoxy) is 1. The SMILES string of the molecule is CCNCc1nnnn1CC1CCCCO1. The Balaban J connectivity index is 1.89. The third-order valence-electron chi connectivity index (χ3n) is 2.79. The van der Waals surface area contributed by atoms with E-state index < -0.39 is 0 Å². The molecule has 2 rings (SSSR count). The van der Waals surface area contributed by atoms with Gasteiger partial charge in [0.05, 0.1) is 19.2 Å². The van der Waals surface area contributed by atoms with Crippen LogP contribution in [-0.4, -0.2) is 39.5 Å². The summed E-state index contributed by atoms with van der Waals surface area (Å²) in [5, 5.41) is 14.9. The van der Waals surface area contributed by atoms with Gasteiger partial charge in [-0.2, -0.15) is 0 Å². The Morgan fingerprint density at radius 2 is 2.44 bits per heavy atom. The second-order valence-corrected chi connectivity index (χ2v) is 4.05. The summed E-state index contributed by atoms with van der Waals surface area (Å²) in [5.74, 6) is 0.885. The molecule has 1 aromatic heterocycles. The predicted octanol–water partition coefficient (Wildman–Crippen LogP) is 0.352. The van der Waals surface area contributed by atoms with E-state index in [-0.39, 0.29) is 6.10 Å². The van der Waals surface area contributed by atoms with E-state index in [1.54, 1.807) is 0 Å². The van der Waals surface area contributed by atoms with Gasteiger partial charge < -0.3 is 10.1 Å². The second-order valence-electron chi connectivity index (χ2n) is 4.05. The fraction of sp³-hybridized carbons (Fsp3) is 0.900. The number of tetrazole rings is 1. The van der Waals surface area contributed by atoms with Crippen LogP contribution in [0.15, 0.2) is 0 Å². The van der Waals surface area contributed by atoms with E-state index in [1.807, 2.05) is 4.68 Å². The molecule has 0 bridgehead atoms. The van der Waals surface area contributed by atoms with Crippen molar-refractivity contribution in [2.75, 3.05) is 13.2 Å². The lowest BCUT2D eigenvalue weighted by molar-refractivity contribution is 0.00314. The van der Waals surface area contributed by atoms with Crippen molar-refractivity contribution < 1.29 is 4.74 Å². The van der Waals surface area contributed by atoms with E-state index in [0.29, 0.717) is 0 Å². The lowest BCUT2D eigenvalue weighted by Gasteiger charge is -2.22. The van der Waals surface area contributed by atoms with Gasteiger partial charge in [-0.3, -0.25) is 0 Å². The molecule has 1 N–H and O–H groups in total. The average Bonchev–Trinajstić information content (AvgIpc) is 2.75. The zero-order valence-electron chi connectivity index (χ0n) is 9.72. The van der Waals surface area contributed by atoms with Crippen LogP contribution in [-0.2, 0) is 17.8 Å². The molecule has 90 valence electrons. The van der Waals surface area contributed by atoms with Crippen molar-refractivity contribution in [1.82, 2.24) is 25.5 Å². The number of nitrogens with one attached hydrogen (secondary N) is 1. The van der Waals surface area contributed by atoms with Crippen LogP contribution < -0.4 is 5.32 Å². The van der Waals surface area contributed by atoms with Gasteiger partial charge in [-0.15, -0.1) is 5.10 Å². The molecular formula is C10H19N5O. The van der Waals surface area contributed by atoms with E-state index in [1.165, 1.54) is 12.8 Å². The van der Waals surface area contributed by atoms with Gasteiger partial charge >= 0.3 is 0 Å². The topological polar surface area (TPSA) is 64.9 Å². The maximum Gasteiger partial charge on any atom is 0.165 e. The largest absolute Gasteiger partial charge is 0.376 e. The van der Waals surface area contributed by atoms with Crippen molar-refractivity contribution in [1.29, 1.82) is 0 Å². The minimum Gasteiger partial charge on any atom is -0.376 e. The lowest BCUT2D eigenvalue weighted by atomic mass is 10.1. The molecule has 1 saturated heterocycles. The summed E-state index contributed by atoms with van der Waals surface area (Å²) < 4.78 is 7.52. The number of aromatic nitrogens is 4. The standard InChI is InChI=1S/C10H19N5O/c1-2-11-7-10-12-13-14-15(10)8-9-5-3-4-6-16-9/h9,11H,2-8H2,1H3. The Hall–Kier alpha value is -1.01. The van der Waals surface area contributed by atoms with Crippen LogP contribution in [0.3, 0.4) is 0 Å². The molecular weight excluding hydrogens is 206 g/mol. The van der Waals surface area contributed by atoms with Crippen molar-refractivity contribution in [3.8, 4) is 0 Å². The molecule has 2 heterocycles. The third kappa shape index (κ3) is 2.99. The number of nitrogens with zero attached hydrogens (tertiary/aromatic N) is 4. The van der Waals surface area contributed by atoms with Crippen molar-refractivity contribution in [2.45, 2.75) is 45.4 Å². The van der Waals surface area contributed by atoms with Gasteiger partial charge in [0, 0.05) is 6.61 Å². The summed E-state index contributed by atoms with van der Waals surface area (Å²) >= 11 is 0. The first-order valence-corrected chi connectivity index (χ1v) is 5.97. The number of hydrogen-bond donors (Lipinski definition) is 1. The second kappa shape index (κ2) is 5.91. The predicted molar refractivity (Wildman–Crippen MR) is 58.8 cm³/mol. The quantitative estimate of drug-likeness (QED) is 0.783. The van der Waals surface area contributed by atoms with Gasteiger partial charge in [-0.25, -0.2) is 4.68 Å². The number of hydrogen-bond acceptors (Lipinski definition) is 5. The average molecular weight is 225 g/mol. The van der Waals surface area contributed by atoms with Crippen LogP contribution >= 0.6 is 0 Å². The van der Waals surface area contributed by atoms with Crippen LogP contribution in [0, 0.1) is 0 Å². The molecule has 1 aromatic rings. The highest BCUT2D eigenvalue weighted by Crippen LogP contribution is 2.14. The molecule has 6 heteroatoms. The Kier molecular flexibility index (Phi) is 4.24. The maximum absolute atomic E-state index is 5.67. The van der Waals surface area contributed by atoms with Crippen LogP contribution in [0.5, 0.6) is 0 Å². The van der Waals surface area contributed by atoms with E-state index >= 15 is 0 Å². The zero-order chi connectivity index (χ0) is 11.2. The van der Waals surface area contributed by atoms with Gasteiger partial charge in [0.25, 0.3) is 0 Å². The molecule has 1 aliphatic rings. The molecule has 0 spiro atoms. The van der Waals surface area contributed by atoms with Crippen LogP contribution in [0.1, 0.15) is 32.0 Å². The van der Waals surface area contributed by atoms with Gasteiger partial charge in [-0.1, -0.05) is 6.92 Å². The van der Waals surface area contributed by atoms with Gasteiger partial charge in [0.1, 0.15) is 0 Å². The molecule has 6 nitrogen and oxygen atoms in total. The first kappa shape index (κ1) is 11.5. The fourth-order valence-corrected chi connectivity index (χ4v) is 1.87. The molecule has 1 atom stereocenters. The molecule has 0 saturated carbocycles. The molecule has 1 fully saturated rings. The van der Waals surface area contributed by atoms with Crippen LogP contribution in [0.4, 0.5) is 0 Å². The molecule has 0 radical (unpaired) electrons. The monoisotopic (exact) mass is 225 g/mol. The van der Waals surface area contributed by atoms with Crippen molar-refractivity contribution in [3.05, 3.63) is 5.82 Å². The summed E-state index contributed by atoms with van der Waals surface area (Å²) in [4.78, 5) is 0. The van der Waals surface area contributed by atoms with Crippen LogP contribution in [0.25, 0.3) is 0 Å². The van der Waals surface area contributed by atoms with Crippen molar-refractivity contribution >= 4 is 0 Å². The van der Waals surface area contributed by atoms with Crippen molar-refractivity contribution in [2.24, 2.45) is 0 Å². The highest BCUT2D eigenvalue weighted by atomic mass is 16.5. The van der Waals surface area contributed by atoms with E-state index in [9.17, 15) is 0 Å². The highest BCUT2D eigenvalue weighted by Gasteiger charge is 2.16. The Bertz CT molecular complexity index is 308. The lowest BCUT2D eigenvalue weighted by Crippen LogP contribution is -2.27. The first-order valence-electron chi connectivity index (χ1n) is 5.97. The normalized spacial score (nSPS) is 21.2. The molecule has 0 aromatic carbocycles. The minimum absolute atomic E-state index is 0.276. The third-order valence-corrected chi connectivity index (χ3v) is 2.79. The summed E-state index contributed by atoms with van der Waals surface area (Å²) in [5.41, 5.74) is 0. The fourth-order valence-electron chi connectivity index (χ4n) is 1.87. The summed E-state index contributed by atoms with van der Waals surface area (Å²) in [7, 11) is 0. The Morgan fingerprint density at radius 1 is 1.50 bits per heavy atom. The van der Waals surface area contributed by atoms with Gasteiger partial charge in [0.2, 0.25) is 0 Å². The van der Waals surface area contributed by atoms with Crippen LogP contribution in [0.2, 0.25) is 0 Å². The van der Waals surface area contributed by atoms with E-state index in [2.05, 4.69) is 27.8 Å². The summed E-state index contributed by atoms with van der Waals surface area (Å²) in [6.45, 7) is 5.35. The summed E-state index contributed by atoms with van der Waals surface area (Å²) in [6.07, 6.45) is 3.81. The molecule has 0 amide bonds. The molecule has 16 heavy (non-hydrogen) atoms. The zero-order valence-corrected chi connectivity index (χ0v) is 9.72. The Morgan fingerprint density at radius 3 is 3.19 bits per heavy atom. The van der Waals surface area contributed by atoms with Gasteiger partial charge in [-0.05, 0) is 36.2 Å². The van der Waals surface area contributed by atoms with E-state index in [0.717, 1.165) is 38.5 Å².